The molecule has 4 nitrogen and oxygen atoms in total. The van der Waals surface area contributed by atoms with Gasteiger partial charge in [0.2, 0.25) is 10.0 Å². The van der Waals surface area contributed by atoms with Crippen LogP contribution in [0.25, 0.3) is 11.1 Å². The molecular formula is C24H33NO3S. The minimum absolute atomic E-state index is 0.537. The summed E-state index contributed by atoms with van der Waals surface area (Å²) in [6.45, 7) is 5.52. The molecule has 0 heterocycles. The van der Waals surface area contributed by atoms with Crippen molar-refractivity contribution >= 4 is 15.7 Å². The van der Waals surface area contributed by atoms with Gasteiger partial charge in [0.1, 0.15) is 5.75 Å². The first-order valence-corrected chi connectivity index (χ1v) is 12.4. The first kappa shape index (κ1) is 21.7. The van der Waals surface area contributed by atoms with Crippen LogP contribution in [0.2, 0.25) is 0 Å². The van der Waals surface area contributed by atoms with Crippen LogP contribution in [0.4, 0.5) is 5.69 Å². The third-order valence-electron chi connectivity index (χ3n) is 5.84. The Kier molecular flexibility index (Phi) is 6.89. The lowest BCUT2D eigenvalue weighted by Crippen LogP contribution is -2.21. The van der Waals surface area contributed by atoms with Crippen molar-refractivity contribution in [2.45, 2.75) is 52.4 Å². The number of anilines is 1. The molecular weight excluding hydrogens is 382 g/mol. The van der Waals surface area contributed by atoms with Gasteiger partial charge in [0.25, 0.3) is 0 Å². The highest BCUT2D eigenvalue weighted by molar-refractivity contribution is 7.92. The summed E-state index contributed by atoms with van der Waals surface area (Å²) in [5.74, 6) is 1.74. The molecule has 0 aromatic heterocycles. The van der Waals surface area contributed by atoms with Gasteiger partial charge in [-0.25, -0.2) is 8.42 Å². The number of ether oxygens (including phenoxy) is 1. The van der Waals surface area contributed by atoms with Crippen molar-refractivity contribution in [3.05, 3.63) is 48.5 Å². The van der Waals surface area contributed by atoms with Crippen LogP contribution in [0.5, 0.6) is 5.75 Å². The van der Waals surface area contributed by atoms with E-state index in [-0.39, 0.29) is 0 Å². The molecule has 0 aliphatic heterocycles. The molecule has 5 heteroatoms. The Hall–Kier alpha value is -2.01. The molecule has 0 spiro atoms. The molecule has 158 valence electrons. The van der Waals surface area contributed by atoms with E-state index in [1.54, 1.807) is 6.07 Å². The number of nitrogens with one attached hydrogen (secondary N) is 1. The van der Waals surface area contributed by atoms with Crippen LogP contribution in [-0.4, -0.2) is 21.3 Å². The molecule has 1 aliphatic rings. The Labute approximate surface area is 175 Å². The van der Waals surface area contributed by atoms with Gasteiger partial charge in [0.05, 0.1) is 12.9 Å². The van der Waals surface area contributed by atoms with Crippen LogP contribution in [0.1, 0.15) is 52.4 Å². The second-order valence-electron chi connectivity index (χ2n) is 9.08. The van der Waals surface area contributed by atoms with Gasteiger partial charge in [0, 0.05) is 5.69 Å². The van der Waals surface area contributed by atoms with E-state index in [9.17, 15) is 8.42 Å². The molecule has 0 radical (unpaired) electrons. The summed E-state index contributed by atoms with van der Waals surface area (Å²) < 4.78 is 31.3. The Morgan fingerprint density at radius 1 is 1.03 bits per heavy atom. The highest BCUT2D eigenvalue weighted by atomic mass is 32.2. The van der Waals surface area contributed by atoms with Gasteiger partial charge in [-0.15, -0.1) is 0 Å². The van der Waals surface area contributed by atoms with Crippen molar-refractivity contribution in [1.29, 1.82) is 0 Å². The van der Waals surface area contributed by atoms with Crippen molar-refractivity contribution in [3.8, 4) is 16.9 Å². The number of sulfonamides is 1. The standard InChI is InChI=1S/C24H33NO3S/c1-24(2)15-13-19(14-16-24)6-5-17-28-23-11-9-20(10-12-23)21-7-4-8-22(18-21)25-29(3,26)27/h4,7-12,18-19,25H,5-6,13-17H2,1-3H3. The molecule has 0 atom stereocenters. The first-order valence-electron chi connectivity index (χ1n) is 10.5. The summed E-state index contributed by atoms with van der Waals surface area (Å²) in [4.78, 5) is 0. The fourth-order valence-electron chi connectivity index (χ4n) is 4.03. The van der Waals surface area contributed by atoms with Gasteiger partial charge in [-0.2, -0.15) is 0 Å². The topological polar surface area (TPSA) is 55.4 Å². The molecule has 2 aromatic rings. The third-order valence-corrected chi connectivity index (χ3v) is 6.44. The van der Waals surface area contributed by atoms with Crippen LogP contribution in [0.3, 0.4) is 0 Å². The monoisotopic (exact) mass is 415 g/mol. The molecule has 1 fully saturated rings. The number of hydrogen-bond donors (Lipinski definition) is 1. The SMILES string of the molecule is CC1(C)CCC(CCCOc2ccc(-c3cccc(NS(C)(=O)=O)c3)cc2)CC1. The average Bonchev–Trinajstić information content (AvgIpc) is 2.66. The van der Waals surface area contributed by atoms with E-state index in [2.05, 4.69) is 18.6 Å². The second-order valence-corrected chi connectivity index (χ2v) is 10.8. The van der Waals surface area contributed by atoms with E-state index < -0.39 is 10.0 Å². The minimum Gasteiger partial charge on any atom is -0.494 e. The predicted molar refractivity (Wildman–Crippen MR) is 121 cm³/mol. The molecule has 1 N–H and O–H groups in total. The average molecular weight is 416 g/mol. The summed E-state index contributed by atoms with van der Waals surface area (Å²) in [5, 5.41) is 0. The third kappa shape index (κ3) is 7.07. The van der Waals surface area contributed by atoms with E-state index in [1.165, 1.54) is 32.1 Å². The Balaban J connectivity index is 1.47. The zero-order valence-corrected chi connectivity index (χ0v) is 18.6. The van der Waals surface area contributed by atoms with Crippen molar-refractivity contribution in [2.24, 2.45) is 11.3 Å². The normalized spacial score (nSPS) is 17.1. The maximum Gasteiger partial charge on any atom is 0.229 e. The Bertz CT molecular complexity index is 894. The summed E-state index contributed by atoms with van der Waals surface area (Å²) in [5.41, 5.74) is 3.09. The number of benzene rings is 2. The van der Waals surface area contributed by atoms with Crippen molar-refractivity contribution in [2.75, 3.05) is 17.6 Å². The fraction of sp³-hybridized carbons (Fsp3) is 0.500. The highest BCUT2D eigenvalue weighted by Crippen LogP contribution is 2.39. The molecule has 1 aliphatic carbocycles. The number of hydrogen-bond acceptors (Lipinski definition) is 3. The highest BCUT2D eigenvalue weighted by Gasteiger charge is 2.26. The van der Waals surface area contributed by atoms with Crippen molar-refractivity contribution in [1.82, 2.24) is 0 Å². The fourth-order valence-corrected chi connectivity index (χ4v) is 4.58. The van der Waals surface area contributed by atoms with Gasteiger partial charge < -0.3 is 4.74 Å². The van der Waals surface area contributed by atoms with Crippen LogP contribution in [0, 0.1) is 11.3 Å². The van der Waals surface area contributed by atoms with Crippen LogP contribution < -0.4 is 9.46 Å². The first-order chi connectivity index (χ1) is 13.7. The number of rotatable bonds is 8. The van der Waals surface area contributed by atoms with E-state index in [1.807, 2.05) is 42.5 Å². The van der Waals surface area contributed by atoms with Gasteiger partial charge >= 0.3 is 0 Å². The van der Waals surface area contributed by atoms with Crippen molar-refractivity contribution < 1.29 is 13.2 Å². The molecule has 2 aromatic carbocycles. The van der Waals surface area contributed by atoms with Gasteiger partial charge in [0.15, 0.2) is 0 Å². The Morgan fingerprint density at radius 3 is 2.38 bits per heavy atom. The molecule has 29 heavy (non-hydrogen) atoms. The lowest BCUT2D eigenvalue weighted by Gasteiger charge is -2.34. The van der Waals surface area contributed by atoms with Crippen LogP contribution >= 0.6 is 0 Å². The summed E-state index contributed by atoms with van der Waals surface area (Å²) in [6, 6.07) is 15.4. The van der Waals surface area contributed by atoms with E-state index >= 15 is 0 Å². The van der Waals surface area contributed by atoms with E-state index in [4.69, 9.17) is 4.74 Å². The maximum atomic E-state index is 11.4. The summed E-state index contributed by atoms with van der Waals surface area (Å²) >= 11 is 0. The minimum atomic E-state index is -3.28. The Morgan fingerprint density at radius 2 is 1.72 bits per heavy atom. The maximum absolute atomic E-state index is 11.4. The van der Waals surface area contributed by atoms with Gasteiger partial charge in [-0.05, 0) is 85.3 Å². The zero-order chi connectivity index (χ0) is 20.9. The molecule has 0 saturated heterocycles. The molecule has 3 rings (SSSR count). The van der Waals surface area contributed by atoms with E-state index in [0.717, 1.165) is 42.1 Å². The lowest BCUT2D eigenvalue weighted by molar-refractivity contribution is 0.177. The molecule has 0 amide bonds. The van der Waals surface area contributed by atoms with Crippen molar-refractivity contribution in [3.63, 3.8) is 0 Å². The molecule has 0 unspecified atom stereocenters. The smallest absolute Gasteiger partial charge is 0.229 e. The summed E-state index contributed by atoms with van der Waals surface area (Å²) in [6.07, 6.45) is 8.92. The molecule has 0 bridgehead atoms. The van der Waals surface area contributed by atoms with Crippen LogP contribution in [0.15, 0.2) is 48.5 Å². The lowest BCUT2D eigenvalue weighted by atomic mass is 9.72. The second kappa shape index (κ2) is 9.21. The predicted octanol–water partition coefficient (Wildman–Crippen LogP) is 6.10. The van der Waals surface area contributed by atoms with Gasteiger partial charge in [-0.3, -0.25) is 4.72 Å². The quantitative estimate of drug-likeness (QED) is 0.530. The molecule has 1 saturated carbocycles. The summed E-state index contributed by atoms with van der Waals surface area (Å²) in [7, 11) is -3.28. The van der Waals surface area contributed by atoms with Gasteiger partial charge in [-0.1, -0.05) is 38.1 Å². The van der Waals surface area contributed by atoms with Crippen LogP contribution in [-0.2, 0) is 10.0 Å². The zero-order valence-electron chi connectivity index (χ0n) is 17.8. The van der Waals surface area contributed by atoms with E-state index in [0.29, 0.717) is 11.1 Å². The largest absolute Gasteiger partial charge is 0.494 e.